The molecule has 2 aromatic heterocycles. The van der Waals surface area contributed by atoms with Gasteiger partial charge in [0.15, 0.2) is 0 Å². The van der Waals surface area contributed by atoms with Crippen LogP contribution in [0, 0.1) is 0 Å². The summed E-state index contributed by atoms with van der Waals surface area (Å²) < 4.78 is 18.1. The third kappa shape index (κ3) is 6.09. The van der Waals surface area contributed by atoms with Crippen LogP contribution in [-0.2, 0) is 17.7 Å². The number of H-pyrrole nitrogens is 1. The molecule has 1 unspecified atom stereocenters. The molecule has 1 atom stereocenters. The van der Waals surface area contributed by atoms with E-state index in [1.165, 1.54) is 16.7 Å². The molecule has 3 aliphatic rings. The second-order valence-electron chi connectivity index (χ2n) is 11.6. The number of likely N-dealkylation sites (tertiary alicyclic amines) is 1. The molecule has 0 spiro atoms. The summed E-state index contributed by atoms with van der Waals surface area (Å²) >= 11 is 0. The van der Waals surface area contributed by atoms with Gasteiger partial charge in [-0.25, -0.2) is 0 Å². The van der Waals surface area contributed by atoms with Crippen molar-refractivity contribution >= 4 is 11.4 Å². The van der Waals surface area contributed by atoms with Gasteiger partial charge in [0.1, 0.15) is 23.4 Å². The number of aromatic nitrogens is 2. The van der Waals surface area contributed by atoms with Crippen molar-refractivity contribution in [3.05, 3.63) is 106 Å². The summed E-state index contributed by atoms with van der Waals surface area (Å²) in [5.74, 6) is 2.60. The van der Waals surface area contributed by atoms with Crippen LogP contribution >= 0.6 is 0 Å². The maximum absolute atomic E-state index is 11.9. The van der Waals surface area contributed by atoms with Gasteiger partial charge in [-0.2, -0.15) is 0 Å². The number of benzene rings is 2. The average Bonchev–Trinajstić information content (AvgIpc) is 3.04. The van der Waals surface area contributed by atoms with Crippen molar-refractivity contribution < 1.29 is 14.2 Å². The highest BCUT2D eigenvalue weighted by molar-refractivity contribution is 5.59. The van der Waals surface area contributed by atoms with E-state index in [9.17, 15) is 4.79 Å². The number of methoxy groups -OCH3 is 1. The largest absolute Gasteiger partial charge is 0.495 e. The van der Waals surface area contributed by atoms with Gasteiger partial charge in [0, 0.05) is 86.1 Å². The highest BCUT2D eigenvalue weighted by atomic mass is 16.5. The van der Waals surface area contributed by atoms with Gasteiger partial charge in [-0.3, -0.25) is 14.7 Å². The highest BCUT2D eigenvalue weighted by Gasteiger charge is 2.29. The van der Waals surface area contributed by atoms with Gasteiger partial charge in [0.25, 0.3) is 0 Å². The summed E-state index contributed by atoms with van der Waals surface area (Å²) in [7, 11) is 1.68. The predicted molar refractivity (Wildman–Crippen MR) is 166 cm³/mol. The fourth-order valence-electron chi connectivity index (χ4n) is 6.44. The average molecular weight is 580 g/mol. The molecule has 2 saturated heterocycles. The molecule has 4 aromatic rings. The Hall–Kier alpha value is -4.34. The van der Waals surface area contributed by atoms with Crippen molar-refractivity contribution in [3.63, 3.8) is 0 Å². The van der Waals surface area contributed by atoms with Gasteiger partial charge < -0.3 is 29.4 Å². The lowest BCUT2D eigenvalue weighted by Gasteiger charge is -2.36. The monoisotopic (exact) mass is 579 g/mol. The summed E-state index contributed by atoms with van der Waals surface area (Å²) in [5.41, 5.74) is 6.54. The molecule has 3 aliphatic heterocycles. The van der Waals surface area contributed by atoms with Crippen LogP contribution in [0.25, 0.3) is 0 Å². The quantitative estimate of drug-likeness (QED) is 0.274. The van der Waals surface area contributed by atoms with E-state index in [1.54, 1.807) is 25.6 Å². The third-order valence-electron chi connectivity index (χ3n) is 8.69. The van der Waals surface area contributed by atoms with Gasteiger partial charge in [0.05, 0.1) is 19.9 Å². The third-order valence-corrected chi connectivity index (χ3v) is 8.69. The number of nitrogens with one attached hydrogen (secondary N) is 2. The predicted octanol–water partition coefficient (Wildman–Crippen LogP) is 5.13. The number of pyridine rings is 2. The molecule has 222 valence electrons. The van der Waals surface area contributed by atoms with E-state index in [0.29, 0.717) is 19.2 Å². The van der Waals surface area contributed by atoms with Crippen molar-refractivity contribution in [2.45, 2.75) is 38.0 Å². The first-order valence-corrected chi connectivity index (χ1v) is 15.1. The number of anilines is 2. The summed E-state index contributed by atoms with van der Waals surface area (Å²) in [6, 6.07) is 18.9. The molecule has 2 aromatic carbocycles. The number of fused-ring (bicyclic) bond motifs is 2. The number of morpholine rings is 1. The van der Waals surface area contributed by atoms with E-state index in [2.05, 4.69) is 67.5 Å². The molecular weight excluding hydrogens is 542 g/mol. The van der Waals surface area contributed by atoms with Crippen LogP contribution < -0.4 is 25.2 Å². The molecule has 7 rings (SSSR count). The van der Waals surface area contributed by atoms with Crippen molar-refractivity contribution in [1.82, 2.24) is 14.9 Å². The highest BCUT2D eigenvalue weighted by Crippen LogP contribution is 2.43. The zero-order valence-electron chi connectivity index (χ0n) is 24.4. The lowest BCUT2D eigenvalue weighted by molar-refractivity contribution is 0.0384. The van der Waals surface area contributed by atoms with Crippen LogP contribution in [-0.4, -0.2) is 60.8 Å². The number of piperidine rings is 1. The van der Waals surface area contributed by atoms with Gasteiger partial charge in [-0.15, -0.1) is 0 Å². The van der Waals surface area contributed by atoms with E-state index >= 15 is 0 Å². The number of rotatable bonds is 7. The van der Waals surface area contributed by atoms with E-state index in [-0.39, 0.29) is 11.7 Å². The maximum Gasteiger partial charge on any atom is 0.249 e. The summed E-state index contributed by atoms with van der Waals surface area (Å²) in [6.07, 6.45) is 8.22. The Morgan fingerprint density at radius 1 is 1.05 bits per heavy atom. The normalized spacial score (nSPS) is 18.8. The second-order valence-corrected chi connectivity index (χ2v) is 11.6. The fraction of sp³-hybridized carbons (Fsp3) is 0.353. The Kier molecular flexibility index (Phi) is 7.74. The lowest BCUT2D eigenvalue weighted by atomic mass is 9.95. The molecule has 0 saturated carbocycles. The number of ether oxygens (including phenoxy) is 3. The second kappa shape index (κ2) is 12.1. The van der Waals surface area contributed by atoms with E-state index in [4.69, 9.17) is 14.2 Å². The Bertz CT molecular complexity index is 1650. The first kappa shape index (κ1) is 27.5. The SMILES string of the molecule is COc1cncc(CN2CCC(Nc3ccc4c(c3)Cc3cccc(C5CN(c6cc[nH]c(=O)c6)CCO5)c3O4)CC2)c1. The van der Waals surface area contributed by atoms with Crippen molar-refractivity contribution in [2.75, 3.05) is 50.1 Å². The van der Waals surface area contributed by atoms with Crippen LogP contribution in [0.1, 0.15) is 41.2 Å². The fourth-order valence-corrected chi connectivity index (χ4v) is 6.44. The van der Waals surface area contributed by atoms with Gasteiger partial charge in [-0.05, 0) is 54.3 Å². The van der Waals surface area contributed by atoms with E-state index in [1.807, 2.05) is 12.3 Å². The zero-order valence-corrected chi connectivity index (χ0v) is 24.4. The molecule has 0 aliphatic carbocycles. The molecule has 2 N–H and O–H groups in total. The van der Waals surface area contributed by atoms with Crippen LogP contribution in [0.2, 0.25) is 0 Å². The minimum atomic E-state index is -0.142. The van der Waals surface area contributed by atoms with Gasteiger partial charge >= 0.3 is 0 Å². The molecule has 0 amide bonds. The van der Waals surface area contributed by atoms with Crippen molar-refractivity contribution in [1.29, 1.82) is 0 Å². The maximum atomic E-state index is 11.9. The molecular formula is C34H37N5O4. The Labute approximate surface area is 251 Å². The molecule has 0 radical (unpaired) electrons. The van der Waals surface area contributed by atoms with Crippen molar-refractivity contribution in [2.24, 2.45) is 0 Å². The first-order chi connectivity index (χ1) is 21.1. The molecule has 43 heavy (non-hydrogen) atoms. The van der Waals surface area contributed by atoms with E-state index < -0.39 is 0 Å². The summed E-state index contributed by atoms with van der Waals surface area (Å²) in [5, 5.41) is 3.78. The summed E-state index contributed by atoms with van der Waals surface area (Å²) in [6.45, 7) is 4.97. The lowest BCUT2D eigenvalue weighted by Crippen LogP contribution is -2.39. The topological polar surface area (TPSA) is 92.0 Å². The molecule has 2 fully saturated rings. The minimum absolute atomic E-state index is 0.0981. The molecule has 9 heteroatoms. The number of hydrogen-bond donors (Lipinski definition) is 2. The smallest absolute Gasteiger partial charge is 0.249 e. The molecule has 0 bridgehead atoms. The van der Waals surface area contributed by atoms with Gasteiger partial charge in [0.2, 0.25) is 5.56 Å². The Morgan fingerprint density at radius 2 is 1.95 bits per heavy atom. The minimum Gasteiger partial charge on any atom is -0.495 e. The Morgan fingerprint density at radius 3 is 2.81 bits per heavy atom. The number of nitrogens with zero attached hydrogens (tertiary/aromatic N) is 3. The van der Waals surface area contributed by atoms with Crippen LogP contribution in [0.15, 0.2) is 78.0 Å². The number of hydrogen-bond acceptors (Lipinski definition) is 8. The van der Waals surface area contributed by atoms with E-state index in [0.717, 1.165) is 79.6 Å². The molecule has 9 nitrogen and oxygen atoms in total. The number of para-hydroxylation sites is 1. The van der Waals surface area contributed by atoms with Gasteiger partial charge in [-0.1, -0.05) is 18.2 Å². The Balaban J connectivity index is 0.990. The molecule has 5 heterocycles. The standard InChI is InChI=1S/C34H37N5O4/c1-41-29-15-23(19-35-20-29)21-38-11-8-26(9-12-38)37-27-5-6-31-25(17-27)16-24-3-2-4-30(34(24)43-31)32-22-39(13-14-42-32)28-7-10-36-33(40)18-28/h2-7,10,15,17-20,26,32,37H,8-9,11-14,16,21-22H2,1H3,(H,36,40). The summed E-state index contributed by atoms with van der Waals surface area (Å²) in [4.78, 5) is 23.6. The van der Waals surface area contributed by atoms with Crippen LogP contribution in [0.3, 0.4) is 0 Å². The zero-order chi connectivity index (χ0) is 29.2. The number of aromatic amines is 1. The first-order valence-electron chi connectivity index (χ1n) is 15.1. The van der Waals surface area contributed by atoms with Crippen LogP contribution in [0.4, 0.5) is 11.4 Å². The van der Waals surface area contributed by atoms with Crippen molar-refractivity contribution in [3.8, 4) is 17.2 Å². The van der Waals surface area contributed by atoms with Crippen LogP contribution in [0.5, 0.6) is 17.2 Å².